The number of nitrogens with zero attached hydrogens (tertiary/aromatic N) is 1. The van der Waals surface area contributed by atoms with Crippen LogP contribution in [-0.2, 0) is 19.5 Å². The van der Waals surface area contributed by atoms with Gasteiger partial charge in [0, 0.05) is 24.1 Å². The van der Waals surface area contributed by atoms with Crippen molar-refractivity contribution in [2.75, 3.05) is 13.6 Å². The van der Waals surface area contributed by atoms with Crippen molar-refractivity contribution in [3.05, 3.63) is 69.7 Å². The summed E-state index contributed by atoms with van der Waals surface area (Å²) < 4.78 is 1.15. The van der Waals surface area contributed by atoms with Gasteiger partial charge in [0.05, 0.1) is 0 Å². The zero-order chi connectivity index (χ0) is 14.4. The van der Waals surface area contributed by atoms with E-state index in [4.69, 9.17) is 5.73 Å². The molecule has 0 bridgehead atoms. The predicted molar refractivity (Wildman–Crippen MR) is 88.5 cm³/mol. The summed E-state index contributed by atoms with van der Waals surface area (Å²) in [4.78, 5) is 2.35. The predicted octanol–water partition coefficient (Wildman–Crippen LogP) is 3.58. The Morgan fingerprint density at radius 1 is 1.00 bits per heavy atom. The molecule has 0 fully saturated rings. The van der Waals surface area contributed by atoms with Gasteiger partial charge in [-0.05, 0) is 42.3 Å². The lowest BCUT2D eigenvalue weighted by atomic mass is 10.1. The third kappa shape index (κ3) is 4.75. The normalized spacial score (nSPS) is 11.0. The molecule has 2 aromatic rings. The Hall–Kier alpha value is -1.16. The molecule has 2 nitrogen and oxygen atoms in total. The molecular weight excluding hydrogens is 312 g/mol. The van der Waals surface area contributed by atoms with Crippen molar-refractivity contribution in [3.63, 3.8) is 0 Å². The van der Waals surface area contributed by atoms with E-state index in [0.717, 1.165) is 24.0 Å². The summed E-state index contributed by atoms with van der Waals surface area (Å²) in [6.07, 6.45) is 1.07. The van der Waals surface area contributed by atoms with Crippen LogP contribution in [0.5, 0.6) is 0 Å². The number of hydrogen-bond acceptors (Lipinski definition) is 2. The molecule has 0 saturated heterocycles. The van der Waals surface area contributed by atoms with Crippen molar-refractivity contribution in [2.45, 2.75) is 19.5 Å². The Kier molecular flexibility index (Phi) is 5.77. The summed E-state index contributed by atoms with van der Waals surface area (Å²) in [6, 6.07) is 17.1. The lowest BCUT2D eigenvalue weighted by Gasteiger charge is -2.17. The van der Waals surface area contributed by atoms with Crippen molar-refractivity contribution < 1.29 is 0 Å². The van der Waals surface area contributed by atoms with Crippen LogP contribution >= 0.6 is 15.9 Å². The van der Waals surface area contributed by atoms with Crippen LogP contribution in [0.25, 0.3) is 0 Å². The van der Waals surface area contributed by atoms with E-state index >= 15 is 0 Å². The summed E-state index contributed by atoms with van der Waals surface area (Å²) in [5.41, 5.74) is 9.49. The third-order valence-corrected chi connectivity index (χ3v) is 3.88. The fraction of sp³-hybridized carbons (Fsp3) is 0.294. The Morgan fingerprint density at radius 3 is 2.35 bits per heavy atom. The highest BCUT2D eigenvalue weighted by Crippen LogP contribution is 2.13. The van der Waals surface area contributed by atoms with Crippen LogP contribution in [0.1, 0.15) is 16.7 Å². The van der Waals surface area contributed by atoms with Gasteiger partial charge in [-0.1, -0.05) is 52.3 Å². The molecule has 0 spiro atoms. The van der Waals surface area contributed by atoms with E-state index in [0.29, 0.717) is 6.54 Å². The molecule has 20 heavy (non-hydrogen) atoms. The molecule has 0 aliphatic carbocycles. The van der Waals surface area contributed by atoms with Gasteiger partial charge in [-0.2, -0.15) is 0 Å². The SMILES string of the molecule is CN(CCc1cccc(Br)c1)Cc1ccc(CN)cc1. The highest BCUT2D eigenvalue weighted by Gasteiger charge is 2.02. The van der Waals surface area contributed by atoms with Crippen molar-refractivity contribution in [2.24, 2.45) is 5.73 Å². The highest BCUT2D eigenvalue weighted by atomic mass is 79.9. The largest absolute Gasteiger partial charge is 0.326 e. The van der Waals surface area contributed by atoms with Crippen LogP contribution in [0.4, 0.5) is 0 Å². The molecular formula is C17H21BrN2. The summed E-state index contributed by atoms with van der Waals surface area (Å²) in [7, 11) is 2.16. The minimum absolute atomic E-state index is 0.610. The molecule has 0 aliphatic heterocycles. The number of hydrogen-bond donors (Lipinski definition) is 1. The van der Waals surface area contributed by atoms with E-state index in [1.807, 2.05) is 0 Å². The molecule has 2 N–H and O–H groups in total. The van der Waals surface area contributed by atoms with Gasteiger partial charge in [-0.25, -0.2) is 0 Å². The van der Waals surface area contributed by atoms with Crippen molar-refractivity contribution in [1.29, 1.82) is 0 Å². The third-order valence-electron chi connectivity index (χ3n) is 3.38. The maximum absolute atomic E-state index is 5.61. The minimum atomic E-state index is 0.610. The monoisotopic (exact) mass is 332 g/mol. The lowest BCUT2D eigenvalue weighted by Crippen LogP contribution is -2.20. The second kappa shape index (κ2) is 7.58. The molecule has 0 amide bonds. The van der Waals surface area contributed by atoms with Crippen LogP contribution < -0.4 is 5.73 Å². The maximum atomic E-state index is 5.61. The van der Waals surface area contributed by atoms with E-state index < -0.39 is 0 Å². The minimum Gasteiger partial charge on any atom is -0.326 e. The van der Waals surface area contributed by atoms with E-state index in [2.05, 4.69) is 76.4 Å². The van der Waals surface area contributed by atoms with E-state index in [-0.39, 0.29) is 0 Å². The van der Waals surface area contributed by atoms with Gasteiger partial charge >= 0.3 is 0 Å². The van der Waals surface area contributed by atoms with Crippen LogP contribution in [0.2, 0.25) is 0 Å². The number of likely N-dealkylation sites (N-methyl/N-ethyl adjacent to an activating group) is 1. The highest BCUT2D eigenvalue weighted by molar-refractivity contribution is 9.10. The molecule has 0 atom stereocenters. The molecule has 0 saturated carbocycles. The number of rotatable bonds is 6. The topological polar surface area (TPSA) is 29.3 Å². The van der Waals surface area contributed by atoms with Gasteiger partial charge in [0.1, 0.15) is 0 Å². The summed E-state index contributed by atoms with van der Waals surface area (Å²) in [5, 5.41) is 0. The van der Waals surface area contributed by atoms with Crippen LogP contribution in [0.15, 0.2) is 53.0 Å². The first-order valence-corrected chi connectivity index (χ1v) is 7.67. The Morgan fingerprint density at radius 2 is 1.70 bits per heavy atom. The van der Waals surface area contributed by atoms with Crippen molar-refractivity contribution in [3.8, 4) is 0 Å². The molecule has 2 rings (SSSR count). The zero-order valence-corrected chi connectivity index (χ0v) is 13.4. The average Bonchev–Trinajstić information content (AvgIpc) is 2.46. The Bertz CT molecular complexity index is 537. The summed E-state index contributed by atoms with van der Waals surface area (Å²) in [6.45, 7) is 2.63. The van der Waals surface area contributed by atoms with E-state index in [1.165, 1.54) is 16.7 Å². The van der Waals surface area contributed by atoms with Crippen molar-refractivity contribution in [1.82, 2.24) is 4.90 Å². The van der Waals surface area contributed by atoms with Gasteiger partial charge in [0.15, 0.2) is 0 Å². The standard InChI is InChI=1S/C17H21BrN2/c1-20(10-9-14-3-2-4-17(18)11-14)13-16-7-5-15(12-19)6-8-16/h2-8,11H,9-10,12-13,19H2,1H3. The number of benzene rings is 2. The molecule has 0 unspecified atom stereocenters. The van der Waals surface area contributed by atoms with Crippen molar-refractivity contribution >= 4 is 15.9 Å². The molecule has 106 valence electrons. The van der Waals surface area contributed by atoms with Gasteiger partial charge in [-0.3, -0.25) is 0 Å². The molecule has 3 heteroatoms. The summed E-state index contributed by atoms with van der Waals surface area (Å²) in [5.74, 6) is 0. The van der Waals surface area contributed by atoms with E-state index in [9.17, 15) is 0 Å². The fourth-order valence-corrected chi connectivity index (χ4v) is 2.63. The average molecular weight is 333 g/mol. The van der Waals surface area contributed by atoms with Gasteiger partial charge in [-0.15, -0.1) is 0 Å². The lowest BCUT2D eigenvalue weighted by molar-refractivity contribution is 0.331. The first kappa shape index (κ1) is 15.2. The molecule has 0 aliphatic rings. The first-order valence-electron chi connectivity index (χ1n) is 6.88. The van der Waals surface area contributed by atoms with Crippen LogP contribution in [-0.4, -0.2) is 18.5 Å². The van der Waals surface area contributed by atoms with Gasteiger partial charge in [0.25, 0.3) is 0 Å². The molecule has 0 radical (unpaired) electrons. The fourth-order valence-electron chi connectivity index (χ4n) is 2.18. The molecule has 2 aromatic carbocycles. The molecule has 0 aromatic heterocycles. The number of halogens is 1. The van der Waals surface area contributed by atoms with Gasteiger partial charge < -0.3 is 10.6 Å². The Balaban J connectivity index is 1.84. The maximum Gasteiger partial charge on any atom is 0.0230 e. The summed E-state index contributed by atoms with van der Waals surface area (Å²) >= 11 is 3.51. The second-order valence-corrected chi connectivity index (χ2v) is 6.05. The molecule has 0 heterocycles. The number of nitrogens with two attached hydrogens (primary N) is 1. The zero-order valence-electron chi connectivity index (χ0n) is 11.8. The van der Waals surface area contributed by atoms with Gasteiger partial charge in [0.2, 0.25) is 0 Å². The quantitative estimate of drug-likeness (QED) is 0.875. The second-order valence-electron chi connectivity index (χ2n) is 5.14. The van der Waals surface area contributed by atoms with Crippen LogP contribution in [0, 0.1) is 0 Å². The first-order chi connectivity index (χ1) is 9.67. The Labute approximate surface area is 129 Å². The smallest absolute Gasteiger partial charge is 0.0230 e. The van der Waals surface area contributed by atoms with Crippen LogP contribution in [0.3, 0.4) is 0 Å². The van der Waals surface area contributed by atoms with E-state index in [1.54, 1.807) is 0 Å².